The summed E-state index contributed by atoms with van der Waals surface area (Å²) in [5.41, 5.74) is 0. The lowest BCUT2D eigenvalue weighted by molar-refractivity contribution is 0.452. The van der Waals surface area contributed by atoms with Crippen molar-refractivity contribution in [1.82, 2.24) is 8.43 Å². The van der Waals surface area contributed by atoms with Gasteiger partial charge in [-0.3, -0.25) is 0 Å². The van der Waals surface area contributed by atoms with E-state index in [1.165, 1.54) is 19.4 Å². The fourth-order valence-electron chi connectivity index (χ4n) is 1.24. The second kappa shape index (κ2) is 3.73. The van der Waals surface area contributed by atoms with E-state index in [4.69, 9.17) is 0 Å². The summed E-state index contributed by atoms with van der Waals surface area (Å²) in [6.45, 7) is 2.41. The lowest BCUT2D eigenvalue weighted by atomic mass is 10.2. The van der Waals surface area contributed by atoms with Crippen LogP contribution in [-0.4, -0.2) is 29.3 Å². The smallest absolute Gasteiger partial charge is 0.0319 e. The van der Waals surface area contributed by atoms with Crippen molar-refractivity contribution in [3.8, 4) is 0 Å². The highest BCUT2D eigenvalue weighted by atomic mass is 127. The number of nitrogens with zero attached hydrogens (tertiary/aromatic N) is 1. The highest BCUT2D eigenvalue weighted by Crippen LogP contribution is 2.19. The monoisotopic (exact) mass is 240 g/mol. The molecule has 1 aliphatic heterocycles. The van der Waals surface area contributed by atoms with Gasteiger partial charge in [0.25, 0.3) is 0 Å². The predicted molar refractivity (Wildman–Crippen MR) is 47.7 cm³/mol. The molecule has 1 aliphatic rings. The zero-order chi connectivity index (χ0) is 6.69. The molecule has 1 N–H and O–H groups in total. The molecule has 1 rings (SSSR count). The molecule has 3 heteroatoms. The number of likely N-dealkylation sites (N-methyl/N-ethyl adjacent to an activating group) is 1. The van der Waals surface area contributed by atoms with Crippen molar-refractivity contribution in [1.29, 1.82) is 0 Å². The predicted octanol–water partition coefficient (Wildman–Crippen LogP) is 1.02. The van der Waals surface area contributed by atoms with Crippen LogP contribution in [0.25, 0.3) is 0 Å². The maximum atomic E-state index is 3.19. The van der Waals surface area contributed by atoms with E-state index in [2.05, 4.69) is 31.3 Å². The first-order chi connectivity index (χ1) is 4.34. The number of hydrogen-bond donors (Lipinski definition) is 1. The Morgan fingerprint density at radius 2 is 2.56 bits per heavy atom. The lowest BCUT2D eigenvalue weighted by Crippen LogP contribution is -2.30. The van der Waals surface area contributed by atoms with Crippen LogP contribution in [0.3, 0.4) is 0 Å². The van der Waals surface area contributed by atoms with Gasteiger partial charge in [-0.05, 0) is 19.9 Å². The van der Waals surface area contributed by atoms with E-state index < -0.39 is 0 Å². The van der Waals surface area contributed by atoms with Crippen molar-refractivity contribution in [2.75, 3.05) is 20.1 Å². The summed E-state index contributed by atoms with van der Waals surface area (Å²) in [5, 5.41) is 3.19. The molecule has 0 aliphatic carbocycles. The van der Waals surface area contributed by atoms with Crippen molar-refractivity contribution in [3.05, 3.63) is 0 Å². The molecule has 0 radical (unpaired) electrons. The van der Waals surface area contributed by atoms with Crippen molar-refractivity contribution < 1.29 is 0 Å². The fourth-order valence-corrected chi connectivity index (χ4v) is 2.05. The van der Waals surface area contributed by atoms with Gasteiger partial charge in [-0.15, -0.1) is 0 Å². The number of hydrogen-bond acceptors (Lipinski definition) is 2. The number of halogens is 1. The number of nitrogens with one attached hydrogen (secondary N) is 1. The second-order valence-corrected chi connectivity index (χ2v) is 3.72. The summed E-state index contributed by atoms with van der Waals surface area (Å²) in [5.74, 6) is 0. The Kier molecular flexibility index (Phi) is 3.21. The maximum Gasteiger partial charge on any atom is 0.0319 e. The summed E-state index contributed by atoms with van der Waals surface area (Å²) >= 11 is 2.41. The van der Waals surface area contributed by atoms with Crippen LogP contribution in [0.1, 0.15) is 12.8 Å². The van der Waals surface area contributed by atoms with Gasteiger partial charge in [-0.25, -0.2) is 3.11 Å². The summed E-state index contributed by atoms with van der Waals surface area (Å²) in [6.07, 6.45) is 2.74. The van der Waals surface area contributed by atoms with E-state index in [1.807, 2.05) is 7.05 Å². The standard InChI is InChI=1S/C6H13IN2/c1-8-5-6-3-2-4-9(6)7/h6,8H,2-5H2,1H3/t6-/m1/s1. The van der Waals surface area contributed by atoms with Crippen LogP contribution in [0.4, 0.5) is 0 Å². The molecule has 2 nitrogen and oxygen atoms in total. The van der Waals surface area contributed by atoms with E-state index in [1.54, 1.807) is 0 Å². The first-order valence-corrected chi connectivity index (χ1v) is 4.38. The van der Waals surface area contributed by atoms with E-state index in [-0.39, 0.29) is 0 Å². The molecular weight excluding hydrogens is 227 g/mol. The van der Waals surface area contributed by atoms with Crippen molar-refractivity contribution in [2.45, 2.75) is 18.9 Å². The second-order valence-electron chi connectivity index (χ2n) is 2.48. The molecule has 1 fully saturated rings. The molecule has 0 aromatic heterocycles. The van der Waals surface area contributed by atoms with Gasteiger partial charge in [0.15, 0.2) is 0 Å². The molecule has 0 bridgehead atoms. The third kappa shape index (κ3) is 2.05. The third-order valence-electron chi connectivity index (χ3n) is 1.75. The van der Waals surface area contributed by atoms with Gasteiger partial charge in [0.2, 0.25) is 0 Å². The van der Waals surface area contributed by atoms with Crippen LogP contribution in [0.15, 0.2) is 0 Å². The summed E-state index contributed by atoms with van der Waals surface area (Å²) in [4.78, 5) is 0. The topological polar surface area (TPSA) is 15.3 Å². The van der Waals surface area contributed by atoms with E-state index in [0.717, 1.165) is 12.6 Å². The minimum absolute atomic E-state index is 0.788. The Morgan fingerprint density at radius 1 is 1.78 bits per heavy atom. The first kappa shape index (κ1) is 7.75. The zero-order valence-corrected chi connectivity index (χ0v) is 7.89. The van der Waals surface area contributed by atoms with Gasteiger partial charge in [0.05, 0.1) is 0 Å². The summed E-state index contributed by atoms with van der Waals surface area (Å²) in [7, 11) is 2.02. The van der Waals surface area contributed by atoms with Crippen LogP contribution in [0.2, 0.25) is 0 Å². The highest BCUT2D eigenvalue weighted by molar-refractivity contribution is 14.1. The molecule has 1 atom stereocenters. The largest absolute Gasteiger partial charge is 0.318 e. The summed E-state index contributed by atoms with van der Waals surface area (Å²) < 4.78 is 2.40. The van der Waals surface area contributed by atoms with Gasteiger partial charge >= 0.3 is 0 Å². The van der Waals surface area contributed by atoms with Gasteiger partial charge < -0.3 is 5.32 Å². The van der Waals surface area contributed by atoms with Gasteiger partial charge in [0, 0.05) is 42.0 Å². The van der Waals surface area contributed by atoms with Crippen LogP contribution in [-0.2, 0) is 0 Å². The molecule has 0 aromatic rings. The van der Waals surface area contributed by atoms with Crippen molar-refractivity contribution >= 4 is 22.9 Å². The van der Waals surface area contributed by atoms with E-state index in [9.17, 15) is 0 Å². The first-order valence-electron chi connectivity index (χ1n) is 3.41. The highest BCUT2D eigenvalue weighted by Gasteiger charge is 2.20. The zero-order valence-electron chi connectivity index (χ0n) is 5.73. The Hall–Kier alpha value is 0.650. The van der Waals surface area contributed by atoms with Crippen molar-refractivity contribution in [3.63, 3.8) is 0 Å². The Morgan fingerprint density at radius 3 is 3.00 bits per heavy atom. The molecule has 0 aromatic carbocycles. The SMILES string of the molecule is CNC[C@H]1CCCN1I. The molecule has 54 valence electrons. The fraction of sp³-hybridized carbons (Fsp3) is 1.00. The van der Waals surface area contributed by atoms with Crippen LogP contribution < -0.4 is 5.32 Å². The van der Waals surface area contributed by atoms with Crippen LogP contribution in [0.5, 0.6) is 0 Å². The Balaban J connectivity index is 2.22. The van der Waals surface area contributed by atoms with Gasteiger partial charge in [0.1, 0.15) is 0 Å². The molecule has 0 unspecified atom stereocenters. The average molecular weight is 240 g/mol. The van der Waals surface area contributed by atoms with Crippen molar-refractivity contribution in [2.24, 2.45) is 0 Å². The quantitative estimate of drug-likeness (QED) is 0.572. The molecule has 0 spiro atoms. The van der Waals surface area contributed by atoms with Gasteiger partial charge in [-0.2, -0.15) is 0 Å². The normalized spacial score (nSPS) is 29.3. The minimum atomic E-state index is 0.788. The third-order valence-corrected chi connectivity index (χ3v) is 3.02. The maximum absolute atomic E-state index is 3.19. The molecule has 9 heavy (non-hydrogen) atoms. The Bertz CT molecular complexity index is 87.1. The summed E-state index contributed by atoms with van der Waals surface area (Å²) in [6, 6.07) is 0.788. The van der Waals surface area contributed by atoms with Gasteiger partial charge in [-0.1, -0.05) is 0 Å². The molecule has 0 saturated carbocycles. The minimum Gasteiger partial charge on any atom is -0.318 e. The van der Waals surface area contributed by atoms with E-state index >= 15 is 0 Å². The number of rotatable bonds is 2. The molecule has 0 amide bonds. The average Bonchev–Trinajstić information content (AvgIpc) is 2.18. The van der Waals surface area contributed by atoms with Crippen LogP contribution in [0, 0.1) is 0 Å². The molecule has 1 saturated heterocycles. The van der Waals surface area contributed by atoms with E-state index in [0.29, 0.717) is 0 Å². The molecular formula is C6H13IN2. The Labute approximate surface area is 70.5 Å². The lowest BCUT2D eigenvalue weighted by Gasteiger charge is -2.15. The van der Waals surface area contributed by atoms with Crippen LogP contribution >= 0.6 is 22.9 Å². The molecule has 1 heterocycles.